The van der Waals surface area contributed by atoms with Crippen molar-refractivity contribution in [3.8, 4) is 0 Å². The third-order valence-electron chi connectivity index (χ3n) is 5.74. The molecule has 2 N–H and O–H groups in total. The number of hydrogen-bond donors (Lipinski definition) is 2. The Balaban J connectivity index is 0.00000320. The minimum atomic E-state index is 0. The van der Waals surface area contributed by atoms with Gasteiger partial charge in [0.1, 0.15) is 0 Å². The molecule has 30 heavy (non-hydrogen) atoms. The summed E-state index contributed by atoms with van der Waals surface area (Å²) in [6.07, 6.45) is 7.68. The van der Waals surface area contributed by atoms with Gasteiger partial charge in [-0.15, -0.1) is 24.0 Å². The van der Waals surface area contributed by atoms with Crippen molar-refractivity contribution in [3.63, 3.8) is 0 Å². The smallest absolute Gasteiger partial charge is 0.191 e. The summed E-state index contributed by atoms with van der Waals surface area (Å²) < 4.78 is 11.1. The SMILES string of the molecule is CN=C(NCCCOC1CCOC1)NCc1ccccc1CN1CCCCCC1.I. The van der Waals surface area contributed by atoms with Crippen LogP contribution in [-0.4, -0.2) is 63.5 Å². The normalized spacial score (nSPS) is 20.4. The Morgan fingerprint density at radius 3 is 2.60 bits per heavy atom. The number of aliphatic imine (C=N–C) groups is 1. The highest BCUT2D eigenvalue weighted by molar-refractivity contribution is 14.0. The highest BCUT2D eigenvalue weighted by Crippen LogP contribution is 2.16. The van der Waals surface area contributed by atoms with E-state index >= 15 is 0 Å². The number of rotatable bonds is 9. The highest BCUT2D eigenvalue weighted by Gasteiger charge is 2.15. The summed E-state index contributed by atoms with van der Waals surface area (Å²) in [6, 6.07) is 8.77. The summed E-state index contributed by atoms with van der Waals surface area (Å²) in [5.74, 6) is 0.846. The van der Waals surface area contributed by atoms with E-state index in [0.29, 0.717) is 0 Å². The number of nitrogens with one attached hydrogen (secondary N) is 2. The van der Waals surface area contributed by atoms with E-state index in [0.717, 1.165) is 58.3 Å². The van der Waals surface area contributed by atoms with Crippen LogP contribution in [0.15, 0.2) is 29.3 Å². The van der Waals surface area contributed by atoms with Crippen LogP contribution in [0.1, 0.15) is 49.7 Å². The van der Waals surface area contributed by atoms with E-state index in [9.17, 15) is 0 Å². The Hall–Kier alpha value is -0.900. The van der Waals surface area contributed by atoms with Crippen LogP contribution in [0.4, 0.5) is 0 Å². The van der Waals surface area contributed by atoms with E-state index in [4.69, 9.17) is 9.47 Å². The molecule has 0 aliphatic carbocycles. The molecule has 1 aromatic rings. The van der Waals surface area contributed by atoms with Crippen molar-refractivity contribution >= 4 is 29.9 Å². The van der Waals surface area contributed by atoms with Crippen LogP contribution >= 0.6 is 24.0 Å². The molecule has 0 bridgehead atoms. The Bertz CT molecular complexity index is 615. The van der Waals surface area contributed by atoms with Crippen LogP contribution in [0, 0.1) is 0 Å². The number of halogens is 1. The lowest BCUT2D eigenvalue weighted by Gasteiger charge is -2.22. The second-order valence-corrected chi connectivity index (χ2v) is 8.02. The molecule has 1 aromatic carbocycles. The third-order valence-corrected chi connectivity index (χ3v) is 5.74. The Morgan fingerprint density at radius 1 is 1.13 bits per heavy atom. The van der Waals surface area contributed by atoms with Crippen molar-refractivity contribution < 1.29 is 9.47 Å². The number of nitrogens with zero attached hydrogens (tertiary/aromatic N) is 2. The Kier molecular flexibility index (Phi) is 12.7. The maximum atomic E-state index is 5.81. The first-order valence-electron chi connectivity index (χ1n) is 11.3. The fourth-order valence-electron chi connectivity index (χ4n) is 3.99. The number of guanidine groups is 1. The molecule has 2 heterocycles. The minimum Gasteiger partial charge on any atom is -0.379 e. The molecule has 1 unspecified atom stereocenters. The zero-order valence-corrected chi connectivity index (χ0v) is 20.7. The van der Waals surface area contributed by atoms with Gasteiger partial charge in [-0.05, 0) is 49.9 Å². The molecule has 0 radical (unpaired) electrons. The minimum absolute atomic E-state index is 0. The van der Waals surface area contributed by atoms with Crippen LogP contribution in [0.25, 0.3) is 0 Å². The zero-order chi connectivity index (χ0) is 20.2. The molecule has 2 aliphatic heterocycles. The summed E-state index contributed by atoms with van der Waals surface area (Å²) in [5, 5.41) is 6.86. The standard InChI is InChI=1S/C23H38N4O2.HI/c1-24-23(25-12-8-15-29-22-11-16-28-19-22)26-17-20-9-4-5-10-21(20)18-27-13-6-2-3-7-14-27;/h4-5,9-10,22H,2-3,6-8,11-19H2,1H3,(H2,24,25,26);1H. The lowest BCUT2D eigenvalue weighted by Crippen LogP contribution is -2.38. The quantitative estimate of drug-likeness (QED) is 0.222. The van der Waals surface area contributed by atoms with Gasteiger partial charge in [0, 0.05) is 39.9 Å². The number of ether oxygens (including phenoxy) is 2. The van der Waals surface area contributed by atoms with Gasteiger partial charge in [-0.3, -0.25) is 9.89 Å². The molecular formula is C23H39IN4O2. The van der Waals surface area contributed by atoms with Crippen molar-refractivity contribution in [2.45, 2.75) is 57.7 Å². The first-order chi connectivity index (χ1) is 14.3. The van der Waals surface area contributed by atoms with E-state index < -0.39 is 0 Å². The second kappa shape index (κ2) is 15.0. The van der Waals surface area contributed by atoms with E-state index in [-0.39, 0.29) is 30.1 Å². The average Bonchev–Trinajstić information content (AvgIpc) is 3.14. The number of benzene rings is 1. The van der Waals surface area contributed by atoms with E-state index in [1.807, 2.05) is 7.05 Å². The van der Waals surface area contributed by atoms with Gasteiger partial charge in [-0.25, -0.2) is 0 Å². The van der Waals surface area contributed by atoms with Gasteiger partial charge < -0.3 is 20.1 Å². The van der Waals surface area contributed by atoms with Crippen molar-refractivity contribution in [1.82, 2.24) is 15.5 Å². The largest absolute Gasteiger partial charge is 0.379 e. The molecule has 0 aromatic heterocycles. The van der Waals surface area contributed by atoms with E-state index in [1.54, 1.807) is 0 Å². The molecule has 170 valence electrons. The van der Waals surface area contributed by atoms with Gasteiger partial charge in [-0.2, -0.15) is 0 Å². The average molecular weight is 530 g/mol. The first kappa shape index (κ1) is 25.4. The molecule has 2 aliphatic rings. The fourth-order valence-corrected chi connectivity index (χ4v) is 3.99. The third kappa shape index (κ3) is 9.08. The van der Waals surface area contributed by atoms with Crippen molar-refractivity contribution in [1.29, 1.82) is 0 Å². The van der Waals surface area contributed by atoms with Crippen molar-refractivity contribution in [2.24, 2.45) is 4.99 Å². The fraction of sp³-hybridized carbons (Fsp3) is 0.696. The van der Waals surface area contributed by atoms with Crippen molar-refractivity contribution in [2.75, 3.05) is 46.5 Å². The summed E-state index contributed by atoms with van der Waals surface area (Å²) in [5.41, 5.74) is 2.77. The monoisotopic (exact) mass is 530 g/mol. The summed E-state index contributed by atoms with van der Waals surface area (Å²) in [4.78, 5) is 6.96. The van der Waals surface area contributed by atoms with Gasteiger partial charge in [0.25, 0.3) is 0 Å². The Labute approximate surface area is 199 Å². The van der Waals surface area contributed by atoms with Gasteiger partial charge in [0.2, 0.25) is 0 Å². The Morgan fingerprint density at radius 2 is 1.90 bits per heavy atom. The van der Waals surface area contributed by atoms with Crippen LogP contribution in [0.5, 0.6) is 0 Å². The topological polar surface area (TPSA) is 58.1 Å². The van der Waals surface area contributed by atoms with Crippen LogP contribution in [0.3, 0.4) is 0 Å². The van der Waals surface area contributed by atoms with Gasteiger partial charge in [0.15, 0.2) is 5.96 Å². The summed E-state index contributed by atoms with van der Waals surface area (Å²) in [7, 11) is 1.82. The lowest BCUT2D eigenvalue weighted by molar-refractivity contribution is 0.0420. The second-order valence-electron chi connectivity index (χ2n) is 8.02. The van der Waals surface area contributed by atoms with Crippen molar-refractivity contribution in [3.05, 3.63) is 35.4 Å². The summed E-state index contributed by atoms with van der Waals surface area (Å²) in [6.45, 7) is 7.47. The van der Waals surface area contributed by atoms with Gasteiger partial charge in [0.05, 0.1) is 12.7 Å². The lowest BCUT2D eigenvalue weighted by atomic mass is 10.1. The van der Waals surface area contributed by atoms with Crippen LogP contribution in [0.2, 0.25) is 0 Å². The maximum Gasteiger partial charge on any atom is 0.191 e. The molecule has 0 amide bonds. The molecule has 2 fully saturated rings. The molecule has 3 rings (SSSR count). The molecule has 0 saturated carbocycles. The van der Waals surface area contributed by atoms with Gasteiger partial charge in [-0.1, -0.05) is 37.1 Å². The molecule has 7 heteroatoms. The summed E-state index contributed by atoms with van der Waals surface area (Å²) >= 11 is 0. The molecule has 2 saturated heterocycles. The predicted molar refractivity (Wildman–Crippen MR) is 134 cm³/mol. The molecular weight excluding hydrogens is 491 g/mol. The van der Waals surface area contributed by atoms with Crippen LogP contribution in [-0.2, 0) is 22.6 Å². The van der Waals surface area contributed by atoms with E-state index in [1.165, 1.54) is 49.9 Å². The number of hydrogen-bond acceptors (Lipinski definition) is 4. The van der Waals surface area contributed by atoms with Gasteiger partial charge >= 0.3 is 0 Å². The van der Waals surface area contributed by atoms with Crippen LogP contribution < -0.4 is 10.6 Å². The molecule has 6 nitrogen and oxygen atoms in total. The molecule has 0 spiro atoms. The zero-order valence-electron chi connectivity index (χ0n) is 18.4. The number of likely N-dealkylation sites (tertiary alicyclic amines) is 1. The first-order valence-corrected chi connectivity index (χ1v) is 11.3. The predicted octanol–water partition coefficient (Wildman–Crippen LogP) is 3.54. The molecule has 1 atom stereocenters. The highest BCUT2D eigenvalue weighted by atomic mass is 127. The maximum absolute atomic E-state index is 5.81. The van der Waals surface area contributed by atoms with E-state index in [2.05, 4.69) is 44.8 Å².